The van der Waals surface area contributed by atoms with Gasteiger partial charge in [-0.2, -0.15) is 0 Å². The number of pyridine rings is 1. The van der Waals surface area contributed by atoms with E-state index in [9.17, 15) is 0 Å². The van der Waals surface area contributed by atoms with Crippen LogP contribution in [0.25, 0.3) is 11.1 Å². The highest BCUT2D eigenvalue weighted by atomic mass is 79.9. The van der Waals surface area contributed by atoms with Crippen LogP contribution in [0.1, 0.15) is 24.6 Å². The summed E-state index contributed by atoms with van der Waals surface area (Å²) in [7, 11) is 0. The first-order valence-electron chi connectivity index (χ1n) is 9.63. The number of aromatic nitrogens is 1. The zero-order valence-electron chi connectivity index (χ0n) is 15.6. The first kappa shape index (κ1) is 18.6. The van der Waals surface area contributed by atoms with E-state index in [1.54, 1.807) is 0 Å². The molecule has 0 radical (unpaired) electrons. The second-order valence-corrected chi connectivity index (χ2v) is 9.02. The van der Waals surface area contributed by atoms with Crippen LogP contribution in [0.15, 0.2) is 93.7 Å². The van der Waals surface area contributed by atoms with Gasteiger partial charge in [0.25, 0.3) is 0 Å². The fraction of sp³-hybridized carbons (Fsp3) is 0.125. The Morgan fingerprint density at radius 2 is 1.72 bits per heavy atom. The molecule has 1 aromatic heterocycles. The number of allylic oxidation sites excluding steroid dienone is 3. The smallest absolute Gasteiger partial charge is 0.158 e. The second-order valence-electron chi connectivity index (χ2n) is 7.19. The summed E-state index contributed by atoms with van der Waals surface area (Å²) in [6.45, 7) is 0. The topological polar surface area (TPSA) is 28.2 Å². The van der Waals surface area contributed by atoms with Gasteiger partial charge in [-0.3, -0.25) is 4.90 Å². The second kappa shape index (κ2) is 7.81. The van der Waals surface area contributed by atoms with Gasteiger partial charge >= 0.3 is 0 Å². The molecule has 2 aromatic carbocycles. The molecule has 0 spiro atoms. The van der Waals surface area contributed by atoms with Gasteiger partial charge in [-0.25, -0.2) is 4.98 Å². The summed E-state index contributed by atoms with van der Waals surface area (Å²) in [5.74, 6) is 0.962. The first-order valence-corrected chi connectivity index (χ1v) is 11.2. The highest BCUT2D eigenvalue weighted by Gasteiger charge is 2.33. The molecular weight excluding hydrogens is 490 g/mol. The molecule has 0 amide bonds. The van der Waals surface area contributed by atoms with E-state index in [2.05, 4.69) is 109 Å². The van der Waals surface area contributed by atoms with Crippen molar-refractivity contribution >= 4 is 43.4 Å². The van der Waals surface area contributed by atoms with Crippen molar-refractivity contribution < 1.29 is 0 Å². The monoisotopic (exact) mass is 507 g/mol. The molecule has 1 atom stereocenters. The zero-order chi connectivity index (χ0) is 19.8. The van der Waals surface area contributed by atoms with Crippen LogP contribution in [-0.2, 0) is 0 Å². The lowest BCUT2D eigenvalue weighted by atomic mass is 10.1. The minimum atomic E-state index is -0.0219. The number of hydrogen-bond donors (Lipinski definition) is 1. The lowest BCUT2D eigenvalue weighted by molar-refractivity contribution is 0.782. The van der Waals surface area contributed by atoms with E-state index < -0.39 is 0 Å². The molecule has 1 aliphatic carbocycles. The summed E-state index contributed by atoms with van der Waals surface area (Å²) in [5.41, 5.74) is 5.68. The molecule has 5 heteroatoms. The van der Waals surface area contributed by atoms with Crippen molar-refractivity contribution in [3.05, 3.63) is 99.2 Å². The number of rotatable bonds is 3. The van der Waals surface area contributed by atoms with E-state index in [1.165, 1.54) is 16.8 Å². The number of benzene rings is 2. The SMILES string of the molecule is Brc1cc(Br)cc(C2Nc3cc(-c4ccccc4)cnc3N2C2=CCCC=C2)c1. The van der Waals surface area contributed by atoms with Gasteiger partial charge in [0.2, 0.25) is 0 Å². The Hall–Kier alpha value is -2.37. The Morgan fingerprint density at radius 1 is 0.931 bits per heavy atom. The minimum Gasteiger partial charge on any atom is -0.358 e. The highest BCUT2D eigenvalue weighted by Crippen LogP contribution is 2.45. The van der Waals surface area contributed by atoms with Crippen LogP contribution < -0.4 is 10.2 Å². The fourth-order valence-electron chi connectivity index (χ4n) is 3.89. The van der Waals surface area contributed by atoms with Crippen LogP contribution in [0, 0.1) is 0 Å². The summed E-state index contributed by atoms with van der Waals surface area (Å²) in [6.07, 6.45) is 10.8. The molecule has 29 heavy (non-hydrogen) atoms. The molecule has 0 saturated heterocycles. The maximum Gasteiger partial charge on any atom is 0.158 e. The number of hydrogen-bond acceptors (Lipinski definition) is 3. The van der Waals surface area contributed by atoms with Gasteiger partial charge in [-0.15, -0.1) is 0 Å². The first-order chi connectivity index (χ1) is 14.2. The predicted molar refractivity (Wildman–Crippen MR) is 127 cm³/mol. The van der Waals surface area contributed by atoms with Gasteiger partial charge in [0, 0.05) is 26.4 Å². The van der Waals surface area contributed by atoms with Crippen molar-refractivity contribution in [1.29, 1.82) is 0 Å². The van der Waals surface area contributed by atoms with E-state index >= 15 is 0 Å². The fourth-order valence-corrected chi connectivity index (χ4v) is 5.22. The molecule has 3 aromatic rings. The molecule has 2 aliphatic rings. The van der Waals surface area contributed by atoms with Crippen molar-refractivity contribution in [3.8, 4) is 11.1 Å². The zero-order valence-corrected chi connectivity index (χ0v) is 18.8. The molecule has 3 nitrogen and oxygen atoms in total. The Kier molecular flexibility index (Phi) is 5.02. The summed E-state index contributed by atoms with van der Waals surface area (Å²) >= 11 is 7.27. The van der Waals surface area contributed by atoms with Gasteiger partial charge in [0.15, 0.2) is 5.82 Å². The maximum absolute atomic E-state index is 4.88. The van der Waals surface area contributed by atoms with Crippen LogP contribution in [0.4, 0.5) is 11.5 Å². The maximum atomic E-state index is 4.88. The number of nitrogens with one attached hydrogen (secondary N) is 1. The van der Waals surface area contributed by atoms with Crippen molar-refractivity contribution in [2.45, 2.75) is 19.0 Å². The number of anilines is 2. The standard InChI is InChI=1S/C24H19Br2N3/c25-19-11-17(12-20(26)14-19)23-28-22-13-18(16-7-3-1-4-8-16)15-27-24(22)29(23)21-9-5-2-6-10-21/h1,3-5,7-15,23,28H,2,6H2. The van der Waals surface area contributed by atoms with Gasteiger partial charge in [0.1, 0.15) is 6.17 Å². The molecule has 5 rings (SSSR count). The lowest BCUT2D eigenvalue weighted by Crippen LogP contribution is -2.27. The molecule has 144 valence electrons. The molecule has 0 fully saturated rings. The quantitative estimate of drug-likeness (QED) is 0.398. The van der Waals surface area contributed by atoms with E-state index in [0.717, 1.165) is 38.9 Å². The van der Waals surface area contributed by atoms with Crippen molar-refractivity contribution in [2.24, 2.45) is 0 Å². The molecule has 1 aliphatic heterocycles. The predicted octanol–water partition coefficient (Wildman–Crippen LogP) is 7.44. The molecular formula is C24H19Br2N3. The molecule has 1 N–H and O–H groups in total. The summed E-state index contributed by atoms with van der Waals surface area (Å²) in [6, 6.07) is 19.0. The summed E-state index contributed by atoms with van der Waals surface area (Å²) < 4.78 is 2.09. The van der Waals surface area contributed by atoms with Crippen LogP contribution >= 0.6 is 31.9 Å². The molecule has 1 unspecified atom stereocenters. The van der Waals surface area contributed by atoms with Crippen LogP contribution in [0.5, 0.6) is 0 Å². The Bertz CT molecular complexity index is 1100. The van der Waals surface area contributed by atoms with Crippen LogP contribution in [0.3, 0.4) is 0 Å². The average Bonchev–Trinajstić information content (AvgIpc) is 3.13. The lowest BCUT2D eigenvalue weighted by Gasteiger charge is -2.28. The van der Waals surface area contributed by atoms with E-state index in [4.69, 9.17) is 4.98 Å². The third-order valence-electron chi connectivity index (χ3n) is 5.21. The van der Waals surface area contributed by atoms with Gasteiger partial charge in [0.05, 0.1) is 5.69 Å². The van der Waals surface area contributed by atoms with Crippen molar-refractivity contribution in [1.82, 2.24) is 4.98 Å². The van der Waals surface area contributed by atoms with Crippen LogP contribution in [0.2, 0.25) is 0 Å². The van der Waals surface area contributed by atoms with Crippen molar-refractivity contribution in [3.63, 3.8) is 0 Å². The molecule has 0 bridgehead atoms. The third kappa shape index (κ3) is 3.65. The largest absolute Gasteiger partial charge is 0.358 e. The van der Waals surface area contributed by atoms with E-state index in [1.807, 2.05) is 12.3 Å². The third-order valence-corrected chi connectivity index (χ3v) is 6.12. The normalized spacial score (nSPS) is 17.7. The highest BCUT2D eigenvalue weighted by molar-refractivity contribution is 9.11. The van der Waals surface area contributed by atoms with Gasteiger partial charge < -0.3 is 5.32 Å². The molecule has 2 heterocycles. The van der Waals surface area contributed by atoms with Crippen molar-refractivity contribution in [2.75, 3.05) is 10.2 Å². The van der Waals surface area contributed by atoms with Crippen LogP contribution in [-0.4, -0.2) is 4.98 Å². The molecule has 0 saturated carbocycles. The Balaban J connectivity index is 1.61. The van der Waals surface area contributed by atoms with Gasteiger partial charge in [-0.1, -0.05) is 74.3 Å². The van der Waals surface area contributed by atoms with E-state index in [0.29, 0.717) is 0 Å². The summed E-state index contributed by atoms with van der Waals surface area (Å²) in [5, 5.41) is 3.71. The number of halogens is 2. The Labute approximate surface area is 187 Å². The van der Waals surface area contributed by atoms with E-state index in [-0.39, 0.29) is 6.17 Å². The summed E-state index contributed by atoms with van der Waals surface area (Å²) in [4.78, 5) is 7.18. The minimum absolute atomic E-state index is 0.0219. The van der Waals surface area contributed by atoms with Gasteiger partial charge in [-0.05, 0) is 54.3 Å². The number of fused-ring (bicyclic) bond motifs is 1. The number of nitrogens with zero attached hydrogens (tertiary/aromatic N) is 2. The average molecular weight is 509 g/mol. The Morgan fingerprint density at radius 3 is 2.45 bits per heavy atom.